The van der Waals surface area contributed by atoms with Gasteiger partial charge in [-0.05, 0) is 19.4 Å². The van der Waals surface area contributed by atoms with Crippen LogP contribution in [0.15, 0.2) is 42.5 Å². The quantitative estimate of drug-likeness (QED) is 0.462. The van der Waals surface area contributed by atoms with E-state index in [1.54, 1.807) is 38.1 Å². The van der Waals surface area contributed by atoms with Crippen LogP contribution in [-0.2, 0) is 25.7 Å². The number of hydrogen-bond donors (Lipinski definition) is 3. The Morgan fingerprint density at radius 1 is 1.32 bits per heavy atom. The van der Waals surface area contributed by atoms with E-state index in [9.17, 15) is 19.5 Å². The molecule has 136 valence electrons. The van der Waals surface area contributed by atoms with Crippen molar-refractivity contribution < 1.29 is 24.2 Å². The van der Waals surface area contributed by atoms with E-state index in [1.807, 2.05) is 6.07 Å². The summed E-state index contributed by atoms with van der Waals surface area (Å²) in [6.07, 6.45) is 1.26. The summed E-state index contributed by atoms with van der Waals surface area (Å²) in [5.41, 5.74) is 8.79. The number of rotatable bonds is 8. The molecular formula is C17H23N3O5. The van der Waals surface area contributed by atoms with Crippen molar-refractivity contribution in [3.05, 3.63) is 48.0 Å². The molecule has 0 heterocycles. The van der Waals surface area contributed by atoms with Crippen LogP contribution in [0.5, 0.6) is 0 Å². The first kappa shape index (κ1) is 20.3. The maximum Gasteiger partial charge on any atom is 0.335 e. The molecule has 1 rings (SSSR count). The SMILES string of the molecule is CC=CC(=O)N(CC)NC(=O)[C@@H](N)C(OCc1ccccc1)C(=O)O. The van der Waals surface area contributed by atoms with Gasteiger partial charge in [-0.1, -0.05) is 36.4 Å². The van der Waals surface area contributed by atoms with E-state index in [4.69, 9.17) is 10.5 Å². The zero-order valence-corrected chi connectivity index (χ0v) is 14.2. The molecule has 2 atom stereocenters. The second-order valence-corrected chi connectivity index (χ2v) is 5.14. The number of carboxylic acid groups (broad SMARTS) is 1. The van der Waals surface area contributed by atoms with Gasteiger partial charge in [0.1, 0.15) is 6.04 Å². The Balaban J connectivity index is 2.73. The Bertz CT molecular complexity index is 618. The van der Waals surface area contributed by atoms with Crippen LogP contribution in [0.1, 0.15) is 19.4 Å². The van der Waals surface area contributed by atoms with Gasteiger partial charge in [-0.3, -0.25) is 20.0 Å². The summed E-state index contributed by atoms with van der Waals surface area (Å²) in [6.45, 7) is 3.52. The molecule has 1 unspecified atom stereocenters. The number of aliphatic carboxylic acids is 1. The molecule has 0 saturated carbocycles. The summed E-state index contributed by atoms with van der Waals surface area (Å²) in [5.74, 6) is -2.62. The van der Waals surface area contributed by atoms with Gasteiger partial charge >= 0.3 is 5.97 Å². The van der Waals surface area contributed by atoms with Crippen LogP contribution in [0.4, 0.5) is 0 Å². The van der Waals surface area contributed by atoms with Crippen LogP contribution in [0.3, 0.4) is 0 Å². The highest BCUT2D eigenvalue weighted by molar-refractivity contribution is 5.92. The highest BCUT2D eigenvalue weighted by Crippen LogP contribution is 2.06. The van der Waals surface area contributed by atoms with Gasteiger partial charge in [0.15, 0.2) is 6.10 Å². The lowest BCUT2D eigenvalue weighted by Crippen LogP contribution is -2.57. The van der Waals surface area contributed by atoms with Gasteiger partial charge in [-0.2, -0.15) is 0 Å². The zero-order chi connectivity index (χ0) is 18.8. The van der Waals surface area contributed by atoms with Crippen molar-refractivity contribution in [2.75, 3.05) is 6.54 Å². The van der Waals surface area contributed by atoms with Crippen LogP contribution in [0.2, 0.25) is 0 Å². The average Bonchev–Trinajstić information content (AvgIpc) is 2.60. The van der Waals surface area contributed by atoms with Crippen molar-refractivity contribution in [2.45, 2.75) is 32.6 Å². The van der Waals surface area contributed by atoms with Gasteiger partial charge in [-0.15, -0.1) is 0 Å². The first-order valence-corrected chi connectivity index (χ1v) is 7.79. The number of amides is 2. The highest BCUT2D eigenvalue weighted by atomic mass is 16.5. The molecule has 0 bridgehead atoms. The van der Waals surface area contributed by atoms with E-state index in [0.29, 0.717) is 0 Å². The molecule has 1 aromatic carbocycles. The Hall–Kier alpha value is -2.71. The Morgan fingerprint density at radius 3 is 2.48 bits per heavy atom. The molecule has 0 radical (unpaired) electrons. The topological polar surface area (TPSA) is 122 Å². The number of hydrogen-bond acceptors (Lipinski definition) is 5. The van der Waals surface area contributed by atoms with Crippen LogP contribution >= 0.6 is 0 Å². The van der Waals surface area contributed by atoms with Crippen molar-refractivity contribution in [3.63, 3.8) is 0 Å². The fourth-order valence-corrected chi connectivity index (χ4v) is 1.96. The van der Waals surface area contributed by atoms with Crippen LogP contribution < -0.4 is 11.2 Å². The highest BCUT2D eigenvalue weighted by Gasteiger charge is 2.32. The summed E-state index contributed by atoms with van der Waals surface area (Å²) >= 11 is 0. The van der Waals surface area contributed by atoms with E-state index < -0.39 is 29.9 Å². The minimum atomic E-state index is -1.55. The number of allylic oxidation sites excluding steroid dienone is 1. The number of carbonyl (C=O) groups is 3. The average molecular weight is 349 g/mol. The fraction of sp³-hybridized carbons (Fsp3) is 0.353. The normalized spacial score (nSPS) is 13.2. The molecule has 0 aliphatic carbocycles. The Morgan fingerprint density at radius 2 is 1.96 bits per heavy atom. The number of benzene rings is 1. The van der Waals surface area contributed by atoms with Crippen molar-refractivity contribution in [1.82, 2.24) is 10.4 Å². The number of hydrazine groups is 1. The van der Waals surface area contributed by atoms with Gasteiger partial charge < -0.3 is 15.6 Å². The molecule has 0 aliphatic heterocycles. The van der Waals surface area contributed by atoms with Gasteiger partial charge in [0.2, 0.25) is 0 Å². The van der Waals surface area contributed by atoms with Crippen molar-refractivity contribution in [2.24, 2.45) is 5.73 Å². The number of nitrogens with two attached hydrogens (primary N) is 1. The third-order valence-corrected chi connectivity index (χ3v) is 3.28. The summed E-state index contributed by atoms with van der Waals surface area (Å²) < 4.78 is 5.29. The molecule has 0 fully saturated rings. The van der Waals surface area contributed by atoms with Crippen LogP contribution in [0.25, 0.3) is 0 Å². The minimum Gasteiger partial charge on any atom is -0.479 e. The standard InChI is InChI=1S/C17H23N3O5/c1-3-8-13(21)20(4-2)19-16(22)14(18)15(17(23)24)25-11-12-9-6-5-7-10-12/h3,5-10,14-15H,4,11,18H2,1-2H3,(H,19,22)(H,23,24)/t14-,15?/m0/s1. The molecule has 2 amide bonds. The molecule has 0 aromatic heterocycles. The van der Waals surface area contributed by atoms with Crippen LogP contribution in [-0.4, -0.2) is 46.6 Å². The van der Waals surface area contributed by atoms with Gasteiger partial charge in [-0.25, -0.2) is 4.79 Å². The molecule has 0 aliphatic rings. The van der Waals surface area contributed by atoms with E-state index in [1.165, 1.54) is 12.2 Å². The molecule has 0 saturated heterocycles. The number of carboxylic acids is 1. The predicted octanol–water partition coefficient (Wildman–Crippen LogP) is 0.440. The van der Waals surface area contributed by atoms with E-state index in [2.05, 4.69) is 5.43 Å². The molecule has 8 heteroatoms. The largest absolute Gasteiger partial charge is 0.479 e. The van der Waals surface area contributed by atoms with E-state index >= 15 is 0 Å². The van der Waals surface area contributed by atoms with Gasteiger partial charge in [0, 0.05) is 12.6 Å². The van der Waals surface area contributed by atoms with Crippen molar-refractivity contribution in [3.8, 4) is 0 Å². The summed E-state index contributed by atoms with van der Waals surface area (Å²) in [4.78, 5) is 35.3. The van der Waals surface area contributed by atoms with E-state index in [-0.39, 0.29) is 13.2 Å². The minimum absolute atomic E-state index is 0.00617. The third kappa shape index (κ3) is 6.36. The number of nitrogens with one attached hydrogen (secondary N) is 1. The van der Waals surface area contributed by atoms with E-state index in [0.717, 1.165) is 10.6 Å². The molecule has 1 aromatic rings. The lowest BCUT2D eigenvalue weighted by atomic mass is 10.1. The number of carbonyl (C=O) groups excluding carboxylic acids is 2. The maximum atomic E-state index is 12.2. The molecule has 25 heavy (non-hydrogen) atoms. The molecular weight excluding hydrogens is 326 g/mol. The molecule has 8 nitrogen and oxygen atoms in total. The zero-order valence-electron chi connectivity index (χ0n) is 14.2. The summed E-state index contributed by atoms with van der Waals surface area (Å²) in [5, 5.41) is 10.3. The first-order chi connectivity index (χ1) is 11.9. The summed E-state index contributed by atoms with van der Waals surface area (Å²) in [6, 6.07) is 7.44. The lowest BCUT2D eigenvalue weighted by molar-refractivity contribution is -0.156. The third-order valence-electron chi connectivity index (χ3n) is 3.28. The van der Waals surface area contributed by atoms with Crippen LogP contribution in [0, 0.1) is 0 Å². The number of ether oxygens (including phenoxy) is 1. The predicted molar refractivity (Wildman–Crippen MR) is 91.0 cm³/mol. The summed E-state index contributed by atoms with van der Waals surface area (Å²) in [7, 11) is 0. The maximum absolute atomic E-state index is 12.2. The second-order valence-electron chi connectivity index (χ2n) is 5.14. The molecule has 0 spiro atoms. The second kappa shape index (κ2) is 10.2. The monoisotopic (exact) mass is 349 g/mol. The number of likely N-dealkylation sites (N-methyl/N-ethyl adjacent to an activating group) is 1. The lowest BCUT2D eigenvalue weighted by Gasteiger charge is -2.25. The van der Waals surface area contributed by atoms with Gasteiger partial charge in [0.05, 0.1) is 6.61 Å². The first-order valence-electron chi connectivity index (χ1n) is 7.79. The van der Waals surface area contributed by atoms with Crippen molar-refractivity contribution >= 4 is 17.8 Å². The Kier molecular flexibility index (Phi) is 8.31. The smallest absolute Gasteiger partial charge is 0.335 e. The number of nitrogens with zero attached hydrogens (tertiary/aromatic N) is 1. The Labute approximate surface area is 146 Å². The van der Waals surface area contributed by atoms with Crippen molar-refractivity contribution in [1.29, 1.82) is 0 Å². The fourth-order valence-electron chi connectivity index (χ4n) is 1.96. The molecule has 4 N–H and O–H groups in total. The van der Waals surface area contributed by atoms with Gasteiger partial charge in [0.25, 0.3) is 11.8 Å².